The van der Waals surface area contributed by atoms with Crippen LogP contribution in [0.5, 0.6) is 5.75 Å². The molecule has 0 radical (unpaired) electrons. The van der Waals surface area contributed by atoms with E-state index < -0.39 is 6.10 Å². The molecule has 7 heteroatoms. The van der Waals surface area contributed by atoms with Crippen LogP contribution in [0.15, 0.2) is 40.9 Å². The van der Waals surface area contributed by atoms with Crippen molar-refractivity contribution in [1.29, 1.82) is 0 Å². The van der Waals surface area contributed by atoms with Gasteiger partial charge in [-0.3, -0.25) is 0 Å². The standard InChI is InChI=1S/C23H33N3O4/c1-26-11-9-17(10-12-26)24-15-23-22(27)8-7-20(29-23)13-18-14-21(30-25-18)16-28-19-5-3-2-4-6-19/h2-6,14,17,20,22-24,27H,7-13,15-16H2,1H3/t20-,22-,23+/m0/s1. The molecule has 2 aliphatic rings. The summed E-state index contributed by atoms with van der Waals surface area (Å²) in [6.45, 7) is 3.29. The maximum Gasteiger partial charge on any atom is 0.174 e. The van der Waals surface area contributed by atoms with E-state index in [2.05, 4.69) is 22.4 Å². The molecular formula is C23H33N3O4. The molecule has 30 heavy (non-hydrogen) atoms. The molecule has 3 heterocycles. The molecule has 1 aromatic heterocycles. The fraction of sp³-hybridized carbons (Fsp3) is 0.609. The van der Waals surface area contributed by atoms with Gasteiger partial charge < -0.3 is 29.3 Å². The van der Waals surface area contributed by atoms with Crippen LogP contribution in [0, 0.1) is 0 Å². The molecule has 0 amide bonds. The molecule has 2 N–H and O–H groups in total. The molecule has 2 aromatic rings. The third kappa shape index (κ3) is 6.04. The van der Waals surface area contributed by atoms with E-state index in [1.54, 1.807) is 0 Å². The minimum absolute atomic E-state index is 0.0469. The van der Waals surface area contributed by atoms with Crippen molar-refractivity contribution in [1.82, 2.24) is 15.4 Å². The number of nitrogens with zero attached hydrogens (tertiary/aromatic N) is 2. The van der Waals surface area contributed by atoms with Crippen molar-refractivity contribution in [2.24, 2.45) is 0 Å². The van der Waals surface area contributed by atoms with Crippen molar-refractivity contribution < 1.29 is 19.1 Å². The monoisotopic (exact) mass is 415 g/mol. The average molecular weight is 416 g/mol. The highest BCUT2D eigenvalue weighted by Gasteiger charge is 2.31. The highest BCUT2D eigenvalue weighted by molar-refractivity contribution is 5.21. The topological polar surface area (TPSA) is 80.0 Å². The van der Waals surface area contributed by atoms with Crippen molar-refractivity contribution >= 4 is 0 Å². The Labute approximate surface area is 178 Å². The first-order valence-electron chi connectivity index (χ1n) is 11.0. The van der Waals surface area contributed by atoms with Crippen LogP contribution in [0.25, 0.3) is 0 Å². The summed E-state index contributed by atoms with van der Waals surface area (Å²) in [4.78, 5) is 2.36. The number of piperidine rings is 1. The lowest BCUT2D eigenvalue weighted by Gasteiger charge is -2.36. The van der Waals surface area contributed by atoms with Gasteiger partial charge >= 0.3 is 0 Å². The molecule has 3 atom stereocenters. The summed E-state index contributed by atoms with van der Waals surface area (Å²) in [5.41, 5.74) is 0.866. The molecule has 1 aromatic carbocycles. The highest BCUT2D eigenvalue weighted by Crippen LogP contribution is 2.23. The summed E-state index contributed by atoms with van der Waals surface area (Å²) in [6, 6.07) is 12.1. The minimum atomic E-state index is -0.410. The maximum atomic E-state index is 10.4. The molecule has 0 bridgehead atoms. The molecule has 2 aliphatic heterocycles. The fourth-order valence-corrected chi connectivity index (χ4v) is 4.20. The van der Waals surface area contributed by atoms with Crippen molar-refractivity contribution in [2.75, 3.05) is 26.7 Å². The maximum absolute atomic E-state index is 10.4. The molecule has 7 nitrogen and oxygen atoms in total. The third-order valence-corrected chi connectivity index (χ3v) is 6.08. The summed E-state index contributed by atoms with van der Waals surface area (Å²) in [6.07, 6.45) is 4.03. The molecule has 2 saturated heterocycles. The minimum Gasteiger partial charge on any atom is -0.486 e. The van der Waals surface area contributed by atoms with Gasteiger partial charge in [-0.1, -0.05) is 23.4 Å². The van der Waals surface area contributed by atoms with Crippen molar-refractivity contribution in [2.45, 2.75) is 63.1 Å². The second kappa shape index (κ2) is 10.4. The van der Waals surface area contributed by atoms with E-state index in [9.17, 15) is 5.11 Å². The number of nitrogens with one attached hydrogen (secondary N) is 1. The fourth-order valence-electron chi connectivity index (χ4n) is 4.20. The Hall–Kier alpha value is -1.93. The number of benzene rings is 1. The molecule has 4 rings (SSSR count). The number of hydrogen-bond acceptors (Lipinski definition) is 7. The molecule has 0 aliphatic carbocycles. The Morgan fingerprint density at radius 2 is 1.97 bits per heavy atom. The van der Waals surface area contributed by atoms with E-state index >= 15 is 0 Å². The van der Waals surface area contributed by atoms with Crippen molar-refractivity contribution in [3.63, 3.8) is 0 Å². The predicted octanol–water partition coefficient (Wildman–Crippen LogP) is 2.39. The van der Waals surface area contributed by atoms with Gasteiger partial charge in [0, 0.05) is 25.1 Å². The number of rotatable bonds is 8. The molecule has 164 valence electrons. The summed E-state index contributed by atoms with van der Waals surface area (Å²) in [5.74, 6) is 1.50. The first-order valence-corrected chi connectivity index (χ1v) is 11.0. The van der Waals surface area contributed by atoms with E-state index in [1.807, 2.05) is 36.4 Å². The first kappa shape index (κ1) is 21.3. The van der Waals surface area contributed by atoms with E-state index in [0.29, 0.717) is 31.4 Å². The zero-order valence-electron chi connectivity index (χ0n) is 17.7. The van der Waals surface area contributed by atoms with Crippen LogP contribution in [0.4, 0.5) is 0 Å². The van der Waals surface area contributed by atoms with Crippen molar-refractivity contribution in [3.8, 4) is 5.75 Å². The molecule has 0 unspecified atom stereocenters. The van der Waals surface area contributed by atoms with Gasteiger partial charge in [0.2, 0.25) is 0 Å². The Morgan fingerprint density at radius 3 is 2.77 bits per heavy atom. The Morgan fingerprint density at radius 1 is 1.17 bits per heavy atom. The zero-order valence-corrected chi connectivity index (χ0v) is 17.7. The first-order chi connectivity index (χ1) is 14.7. The van der Waals surface area contributed by atoms with Gasteiger partial charge in [-0.2, -0.15) is 0 Å². The smallest absolute Gasteiger partial charge is 0.174 e. The van der Waals surface area contributed by atoms with Gasteiger partial charge in [-0.25, -0.2) is 0 Å². The Balaban J connectivity index is 1.23. The predicted molar refractivity (Wildman–Crippen MR) is 113 cm³/mol. The van der Waals surface area contributed by atoms with Crippen LogP contribution in [0.2, 0.25) is 0 Å². The molecule has 2 fully saturated rings. The van der Waals surface area contributed by atoms with Crippen LogP contribution in [0.1, 0.15) is 37.1 Å². The van der Waals surface area contributed by atoms with Crippen LogP contribution in [-0.2, 0) is 17.8 Å². The lowest BCUT2D eigenvalue weighted by molar-refractivity contribution is -0.115. The third-order valence-electron chi connectivity index (χ3n) is 6.08. The lowest BCUT2D eigenvalue weighted by atomic mass is 9.97. The van der Waals surface area contributed by atoms with E-state index in [-0.39, 0.29) is 12.2 Å². The van der Waals surface area contributed by atoms with Gasteiger partial charge in [0.25, 0.3) is 0 Å². The SMILES string of the molecule is CN1CCC(NC[C@H]2O[C@H](Cc3cc(COc4ccccc4)on3)CC[C@@H]2O)CC1. The summed E-state index contributed by atoms with van der Waals surface area (Å²) < 4.78 is 17.3. The normalized spacial score (nSPS) is 26.0. The van der Waals surface area contributed by atoms with Crippen LogP contribution in [0.3, 0.4) is 0 Å². The summed E-state index contributed by atoms with van der Waals surface area (Å²) in [5, 5.41) is 18.2. The zero-order chi connectivity index (χ0) is 20.8. The van der Waals surface area contributed by atoms with Crippen molar-refractivity contribution in [3.05, 3.63) is 47.9 Å². The number of ether oxygens (including phenoxy) is 2. The second-order valence-electron chi connectivity index (χ2n) is 8.52. The summed E-state index contributed by atoms with van der Waals surface area (Å²) >= 11 is 0. The van der Waals surface area contributed by atoms with Crippen LogP contribution < -0.4 is 10.1 Å². The lowest BCUT2D eigenvalue weighted by Crippen LogP contribution is -2.49. The van der Waals surface area contributed by atoms with Crippen LogP contribution >= 0.6 is 0 Å². The van der Waals surface area contributed by atoms with Gasteiger partial charge in [-0.15, -0.1) is 0 Å². The number of aliphatic hydroxyl groups excluding tert-OH is 1. The van der Waals surface area contributed by atoms with Gasteiger partial charge in [-0.05, 0) is 58.0 Å². The number of aliphatic hydroxyl groups is 1. The number of likely N-dealkylation sites (tertiary alicyclic amines) is 1. The van der Waals surface area contributed by atoms with Crippen LogP contribution in [-0.4, -0.2) is 66.2 Å². The number of para-hydroxylation sites is 1. The number of hydrogen-bond donors (Lipinski definition) is 2. The molecule has 0 saturated carbocycles. The number of aromatic nitrogens is 1. The quantitative estimate of drug-likeness (QED) is 0.685. The molecule has 0 spiro atoms. The van der Waals surface area contributed by atoms with Gasteiger partial charge in [0.05, 0.1) is 24.0 Å². The highest BCUT2D eigenvalue weighted by atomic mass is 16.5. The largest absolute Gasteiger partial charge is 0.486 e. The van der Waals surface area contributed by atoms with E-state index in [4.69, 9.17) is 14.0 Å². The van der Waals surface area contributed by atoms with E-state index in [1.165, 1.54) is 0 Å². The van der Waals surface area contributed by atoms with E-state index in [0.717, 1.165) is 50.2 Å². The average Bonchev–Trinajstić information content (AvgIpc) is 3.22. The van der Waals surface area contributed by atoms with Gasteiger partial charge in [0.15, 0.2) is 5.76 Å². The second-order valence-corrected chi connectivity index (χ2v) is 8.52. The van der Waals surface area contributed by atoms with Gasteiger partial charge in [0.1, 0.15) is 12.4 Å². The summed E-state index contributed by atoms with van der Waals surface area (Å²) in [7, 11) is 2.16. The Bertz CT molecular complexity index is 761. The molecular weight excluding hydrogens is 382 g/mol. The Kier molecular flexibility index (Phi) is 7.38.